The van der Waals surface area contributed by atoms with Gasteiger partial charge in [-0.2, -0.15) is 0 Å². The van der Waals surface area contributed by atoms with Gasteiger partial charge < -0.3 is 5.11 Å². The van der Waals surface area contributed by atoms with E-state index in [9.17, 15) is 4.79 Å². The molecule has 2 fully saturated rings. The molecule has 1 heterocycles. The normalized spacial score (nSPS) is 31.9. The number of aliphatic hydroxyl groups is 1. The molecule has 1 aliphatic heterocycles. The zero-order valence-corrected chi connectivity index (χ0v) is 13.0. The molecule has 2 aliphatic rings. The molecule has 1 saturated heterocycles. The summed E-state index contributed by atoms with van der Waals surface area (Å²) >= 11 is 0. The summed E-state index contributed by atoms with van der Waals surface area (Å²) < 4.78 is 0. The Labute approximate surface area is 123 Å². The molecule has 1 N–H and O–H groups in total. The summed E-state index contributed by atoms with van der Waals surface area (Å²) in [4.78, 5) is 14.7. The average Bonchev–Trinajstić information content (AvgIpc) is 2.88. The van der Waals surface area contributed by atoms with E-state index in [0.717, 1.165) is 51.1 Å². The molecule has 0 amide bonds. The van der Waals surface area contributed by atoms with Gasteiger partial charge in [0.15, 0.2) is 0 Å². The number of hydrogen-bond donors (Lipinski definition) is 1. The lowest BCUT2D eigenvalue weighted by Gasteiger charge is -2.33. The molecular formula is C17H31NO2. The molecule has 2 rings (SSSR count). The van der Waals surface area contributed by atoms with Crippen LogP contribution in [-0.2, 0) is 4.79 Å². The Morgan fingerprint density at radius 2 is 2.15 bits per heavy atom. The molecule has 0 aromatic rings. The van der Waals surface area contributed by atoms with Crippen LogP contribution < -0.4 is 0 Å². The van der Waals surface area contributed by atoms with Crippen LogP contribution in [0.5, 0.6) is 0 Å². The Morgan fingerprint density at radius 3 is 2.90 bits per heavy atom. The van der Waals surface area contributed by atoms with Gasteiger partial charge in [-0.3, -0.25) is 9.69 Å². The lowest BCUT2D eigenvalue weighted by Crippen LogP contribution is -2.39. The van der Waals surface area contributed by atoms with E-state index in [1.54, 1.807) is 0 Å². The maximum absolute atomic E-state index is 12.2. The number of aliphatic hydroxyl groups excluding tert-OH is 1. The first-order valence-electron chi connectivity index (χ1n) is 8.62. The minimum atomic E-state index is 0.287. The maximum Gasteiger partial charge on any atom is 0.137 e. The van der Waals surface area contributed by atoms with Crippen molar-refractivity contribution >= 4 is 5.78 Å². The minimum absolute atomic E-state index is 0.287. The molecule has 1 saturated carbocycles. The Hall–Kier alpha value is -0.410. The van der Waals surface area contributed by atoms with Gasteiger partial charge in [0.05, 0.1) is 0 Å². The van der Waals surface area contributed by atoms with Gasteiger partial charge in [0.25, 0.3) is 0 Å². The Balaban J connectivity index is 1.85. The number of carbonyl (C=O) groups is 1. The predicted octanol–water partition coefficient (Wildman–Crippen LogP) is 3.01. The van der Waals surface area contributed by atoms with E-state index in [1.165, 1.54) is 25.7 Å². The van der Waals surface area contributed by atoms with E-state index in [2.05, 4.69) is 11.8 Å². The highest BCUT2D eigenvalue weighted by Gasteiger charge is 2.32. The fraction of sp³-hybridized carbons (Fsp3) is 0.941. The van der Waals surface area contributed by atoms with Gasteiger partial charge in [-0.05, 0) is 51.0 Å². The van der Waals surface area contributed by atoms with E-state index in [0.29, 0.717) is 18.4 Å². The quantitative estimate of drug-likeness (QED) is 0.780. The molecule has 3 unspecified atom stereocenters. The average molecular weight is 281 g/mol. The van der Waals surface area contributed by atoms with Crippen molar-refractivity contribution in [2.45, 2.75) is 70.8 Å². The number of nitrogens with zero attached hydrogens (tertiary/aromatic N) is 1. The van der Waals surface area contributed by atoms with Gasteiger partial charge in [-0.1, -0.05) is 19.8 Å². The second-order valence-electron chi connectivity index (χ2n) is 6.75. The molecule has 116 valence electrons. The molecule has 3 heteroatoms. The van der Waals surface area contributed by atoms with Gasteiger partial charge in [0, 0.05) is 31.5 Å². The molecule has 0 radical (unpaired) electrons. The highest BCUT2D eigenvalue weighted by Crippen LogP contribution is 2.32. The molecule has 1 aliphatic carbocycles. The largest absolute Gasteiger partial charge is 0.396 e. The van der Waals surface area contributed by atoms with E-state index >= 15 is 0 Å². The minimum Gasteiger partial charge on any atom is -0.396 e. The maximum atomic E-state index is 12.2. The molecule has 0 aromatic heterocycles. The van der Waals surface area contributed by atoms with Gasteiger partial charge >= 0.3 is 0 Å². The van der Waals surface area contributed by atoms with Crippen LogP contribution >= 0.6 is 0 Å². The van der Waals surface area contributed by atoms with Crippen LogP contribution in [0, 0.1) is 11.8 Å². The third-order valence-corrected chi connectivity index (χ3v) is 5.22. The van der Waals surface area contributed by atoms with E-state index in [-0.39, 0.29) is 5.92 Å². The Morgan fingerprint density at radius 1 is 1.30 bits per heavy atom. The lowest BCUT2D eigenvalue weighted by molar-refractivity contribution is -0.126. The highest BCUT2D eigenvalue weighted by atomic mass is 16.2. The smallest absolute Gasteiger partial charge is 0.137 e. The van der Waals surface area contributed by atoms with Crippen LogP contribution in [0.25, 0.3) is 0 Å². The fourth-order valence-electron chi connectivity index (χ4n) is 4.12. The van der Waals surface area contributed by atoms with Crippen molar-refractivity contribution in [3.63, 3.8) is 0 Å². The zero-order chi connectivity index (χ0) is 14.4. The van der Waals surface area contributed by atoms with Crippen LogP contribution in [0.3, 0.4) is 0 Å². The van der Waals surface area contributed by atoms with Crippen LogP contribution in [0.15, 0.2) is 0 Å². The fourth-order valence-corrected chi connectivity index (χ4v) is 4.12. The van der Waals surface area contributed by atoms with Gasteiger partial charge in [0.1, 0.15) is 5.78 Å². The number of ketones is 1. The standard InChI is InChI=1S/C17H31NO2/c1-2-5-14-8-9-17(20)15(12-14)13-18-10-3-6-16(18)7-4-11-19/h14-16,19H,2-13H2,1H3. The first-order chi connectivity index (χ1) is 9.74. The van der Waals surface area contributed by atoms with Crippen molar-refractivity contribution in [1.82, 2.24) is 4.90 Å². The number of rotatable bonds is 7. The van der Waals surface area contributed by atoms with Crippen LogP contribution in [0.1, 0.15) is 64.7 Å². The van der Waals surface area contributed by atoms with Crippen molar-refractivity contribution in [3.8, 4) is 0 Å². The summed E-state index contributed by atoms with van der Waals surface area (Å²) in [6, 6.07) is 0.613. The zero-order valence-electron chi connectivity index (χ0n) is 13.0. The van der Waals surface area contributed by atoms with Crippen molar-refractivity contribution < 1.29 is 9.90 Å². The summed E-state index contributed by atoms with van der Waals surface area (Å²) in [6.45, 7) is 4.68. The molecule has 0 spiro atoms. The second-order valence-corrected chi connectivity index (χ2v) is 6.75. The summed E-state index contributed by atoms with van der Waals surface area (Å²) in [5, 5.41) is 9.00. The third kappa shape index (κ3) is 4.29. The summed E-state index contributed by atoms with van der Waals surface area (Å²) in [6.07, 6.45) is 10.1. The summed E-state index contributed by atoms with van der Waals surface area (Å²) in [7, 11) is 0. The van der Waals surface area contributed by atoms with E-state index in [4.69, 9.17) is 5.11 Å². The number of carbonyl (C=O) groups excluding carboxylic acids is 1. The molecule has 3 atom stereocenters. The van der Waals surface area contributed by atoms with E-state index < -0.39 is 0 Å². The SMILES string of the molecule is CCCC1CCC(=O)C(CN2CCCC2CCCO)C1. The molecule has 20 heavy (non-hydrogen) atoms. The topological polar surface area (TPSA) is 40.5 Å². The van der Waals surface area contributed by atoms with Crippen molar-refractivity contribution in [2.24, 2.45) is 11.8 Å². The Kier molecular flexibility index (Phi) is 6.50. The Bertz CT molecular complexity index is 305. The summed E-state index contributed by atoms with van der Waals surface area (Å²) in [5.74, 6) is 1.57. The van der Waals surface area contributed by atoms with Crippen LogP contribution in [-0.4, -0.2) is 41.5 Å². The van der Waals surface area contributed by atoms with Crippen molar-refractivity contribution in [1.29, 1.82) is 0 Å². The van der Waals surface area contributed by atoms with Gasteiger partial charge in [-0.15, -0.1) is 0 Å². The van der Waals surface area contributed by atoms with Gasteiger partial charge in [0.2, 0.25) is 0 Å². The van der Waals surface area contributed by atoms with Crippen molar-refractivity contribution in [2.75, 3.05) is 19.7 Å². The van der Waals surface area contributed by atoms with Crippen molar-refractivity contribution in [3.05, 3.63) is 0 Å². The first-order valence-corrected chi connectivity index (χ1v) is 8.62. The molecule has 0 aromatic carbocycles. The number of hydrogen-bond acceptors (Lipinski definition) is 3. The molecular weight excluding hydrogens is 250 g/mol. The molecule has 3 nitrogen and oxygen atoms in total. The molecule has 0 bridgehead atoms. The van der Waals surface area contributed by atoms with Crippen LogP contribution in [0.2, 0.25) is 0 Å². The number of likely N-dealkylation sites (tertiary alicyclic amines) is 1. The lowest BCUT2D eigenvalue weighted by atomic mass is 9.78. The van der Waals surface area contributed by atoms with E-state index in [1.807, 2.05) is 0 Å². The monoisotopic (exact) mass is 281 g/mol. The number of Topliss-reactive ketones (excluding diaryl/α,β-unsaturated/α-hetero) is 1. The predicted molar refractivity (Wildman–Crippen MR) is 81.7 cm³/mol. The van der Waals surface area contributed by atoms with Crippen LogP contribution in [0.4, 0.5) is 0 Å². The second kappa shape index (κ2) is 8.14. The van der Waals surface area contributed by atoms with Gasteiger partial charge in [-0.25, -0.2) is 0 Å². The first kappa shape index (κ1) is 16.0. The summed E-state index contributed by atoms with van der Waals surface area (Å²) in [5.41, 5.74) is 0. The highest BCUT2D eigenvalue weighted by molar-refractivity contribution is 5.82. The third-order valence-electron chi connectivity index (χ3n) is 5.22.